The predicted molar refractivity (Wildman–Crippen MR) is 164 cm³/mol. The molecule has 220 valence electrons. The Bertz CT molecular complexity index is 1510. The van der Waals surface area contributed by atoms with E-state index in [4.69, 9.17) is 57.6 Å². The molecule has 0 saturated carbocycles. The van der Waals surface area contributed by atoms with Gasteiger partial charge in [-0.3, -0.25) is 5.10 Å². The van der Waals surface area contributed by atoms with Crippen LogP contribution in [0, 0.1) is 12.3 Å². The third-order valence-electron chi connectivity index (χ3n) is 4.36. The molecule has 1 N–H and O–H groups in total. The van der Waals surface area contributed by atoms with E-state index in [1.165, 1.54) is 29.6 Å². The fourth-order valence-electron chi connectivity index (χ4n) is 2.85. The minimum atomic E-state index is -0.597. The fraction of sp³-hybridized carbons (Fsp3) is 0.214. The molecule has 0 unspecified atom stereocenters. The number of aromatic amines is 1. The molecule has 10 nitrogen and oxygen atoms in total. The van der Waals surface area contributed by atoms with Crippen LogP contribution in [0.2, 0.25) is 20.1 Å². The Morgan fingerprint density at radius 2 is 1.43 bits per heavy atom. The van der Waals surface area contributed by atoms with E-state index in [9.17, 15) is 9.59 Å². The quantitative estimate of drug-likeness (QED) is 0.102. The molecular formula is C28H26Cl4N6O4. The zero-order valence-corrected chi connectivity index (χ0v) is 25.9. The number of carbonyl (C=O) groups excluding carboxylic acids is 2. The number of benzene rings is 2. The lowest BCUT2D eigenvalue weighted by Gasteiger charge is -2.03. The van der Waals surface area contributed by atoms with Crippen molar-refractivity contribution >= 4 is 64.5 Å². The molecule has 2 aromatic carbocycles. The zero-order chi connectivity index (χ0) is 31.2. The van der Waals surface area contributed by atoms with Gasteiger partial charge in [0.2, 0.25) is 0 Å². The number of aromatic nitrogens is 6. The first kappa shape index (κ1) is 34.3. The van der Waals surface area contributed by atoms with Gasteiger partial charge < -0.3 is 9.47 Å². The highest BCUT2D eigenvalue weighted by molar-refractivity contribution is 6.35. The van der Waals surface area contributed by atoms with Gasteiger partial charge in [0.05, 0.1) is 12.2 Å². The van der Waals surface area contributed by atoms with Crippen molar-refractivity contribution in [1.82, 2.24) is 29.9 Å². The number of esters is 2. The van der Waals surface area contributed by atoms with Crippen LogP contribution in [-0.4, -0.2) is 54.1 Å². The van der Waals surface area contributed by atoms with Gasteiger partial charge in [0.1, 0.15) is 12.7 Å². The number of nitrogens with zero attached hydrogens (tertiary/aromatic N) is 5. The van der Waals surface area contributed by atoms with Gasteiger partial charge in [0, 0.05) is 49.4 Å². The number of halogens is 4. The summed E-state index contributed by atoms with van der Waals surface area (Å²) >= 11 is 23.5. The van der Waals surface area contributed by atoms with E-state index in [2.05, 4.69) is 30.0 Å². The predicted octanol–water partition coefficient (Wildman–Crippen LogP) is 7.02. The fourth-order valence-corrected chi connectivity index (χ4v) is 3.91. The van der Waals surface area contributed by atoms with Crippen molar-refractivity contribution in [2.75, 3.05) is 0 Å². The molecule has 0 radical (unpaired) electrons. The highest BCUT2D eigenvalue weighted by atomic mass is 35.5. The van der Waals surface area contributed by atoms with Crippen LogP contribution in [0.25, 0.3) is 29.0 Å². The number of nitrogens with one attached hydrogen (secondary N) is 1. The first-order valence-electron chi connectivity index (χ1n) is 12.1. The Hall–Kier alpha value is -3.88. The van der Waals surface area contributed by atoms with Gasteiger partial charge in [-0.2, -0.15) is 5.10 Å². The summed E-state index contributed by atoms with van der Waals surface area (Å²) in [4.78, 5) is 29.7. The maximum Gasteiger partial charge on any atom is 0.384 e. The van der Waals surface area contributed by atoms with Crippen molar-refractivity contribution < 1.29 is 19.1 Å². The second kappa shape index (κ2) is 17.2. The molecule has 0 aliphatic heterocycles. The number of ether oxygens (including phenoxy) is 2. The van der Waals surface area contributed by atoms with Gasteiger partial charge in [-0.25, -0.2) is 24.2 Å². The summed E-state index contributed by atoms with van der Waals surface area (Å²) in [5, 5.41) is 12.8. The molecule has 4 rings (SSSR count). The summed E-state index contributed by atoms with van der Waals surface area (Å²) in [7, 11) is 0. The van der Waals surface area contributed by atoms with Crippen molar-refractivity contribution in [3.8, 4) is 35.1 Å². The number of carbonyl (C=O) groups is 2. The zero-order valence-electron chi connectivity index (χ0n) is 22.9. The van der Waals surface area contributed by atoms with Crippen molar-refractivity contribution in [2.24, 2.45) is 0 Å². The lowest BCUT2D eigenvalue weighted by atomic mass is 10.2. The van der Waals surface area contributed by atoms with Gasteiger partial charge in [-0.15, -0.1) is 11.5 Å². The third-order valence-corrected chi connectivity index (χ3v) is 5.23. The van der Waals surface area contributed by atoms with Crippen LogP contribution >= 0.6 is 46.4 Å². The number of rotatable bonds is 6. The second-order valence-electron chi connectivity index (χ2n) is 8.60. The molecule has 0 amide bonds. The van der Waals surface area contributed by atoms with Crippen LogP contribution in [0.5, 0.6) is 0 Å². The normalized spacial score (nSPS) is 10.4. The molecule has 0 atom stereocenters. The molecule has 14 heteroatoms. The van der Waals surface area contributed by atoms with Crippen molar-refractivity contribution in [2.45, 2.75) is 39.9 Å². The summed E-state index contributed by atoms with van der Waals surface area (Å²) in [6.07, 6.45) is 10.1. The maximum atomic E-state index is 11.4. The van der Waals surface area contributed by atoms with Gasteiger partial charge in [0.25, 0.3) is 0 Å². The van der Waals surface area contributed by atoms with Crippen LogP contribution in [0.1, 0.15) is 27.7 Å². The number of terminal acetylenes is 1. The number of hydrogen-bond donors (Lipinski definition) is 1. The largest absolute Gasteiger partial charge is 0.460 e. The van der Waals surface area contributed by atoms with Gasteiger partial charge in [-0.1, -0.05) is 46.4 Å². The summed E-state index contributed by atoms with van der Waals surface area (Å²) in [5.41, 5.74) is 1.53. The van der Waals surface area contributed by atoms with E-state index < -0.39 is 11.9 Å². The Balaban J connectivity index is 0.000000249. The molecule has 42 heavy (non-hydrogen) atoms. The third kappa shape index (κ3) is 12.7. The summed E-state index contributed by atoms with van der Waals surface area (Å²) < 4.78 is 10.9. The van der Waals surface area contributed by atoms with Gasteiger partial charge in [0.15, 0.2) is 11.6 Å². The molecule has 2 aromatic heterocycles. The Morgan fingerprint density at radius 1 is 0.881 bits per heavy atom. The first-order chi connectivity index (χ1) is 19.9. The van der Waals surface area contributed by atoms with Crippen molar-refractivity contribution in [1.29, 1.82) is 0 Å². The molecule has 0 fully saturated rings. The number of H-pyrrole nitrogens is 1. The summed E-state index contributed by atoms with van der Waals surface area (Å²) in [6.45, 7) is 7.05. The minimum Gasteiger partial charge on any atom is -0.460 e. The maximum absolute atomic E-state index is 11.4. The number of hydrogen-bond acceptors (Lipinski definition) is 8. The van der Waals surface area contributed by atoms with Gasteiger partial charge >= 0.3 is 11.9 Å². The molecule has 0 aliphatic rings. The molecule has 4 aromatic rings. The molecule has 0 saturated heterocycles. The average molecular weight is 652 g/mol. The highest BCUT2D eigenvalue weighted by Crippen LogP contribution is 2.25. The lowest BCUT2D eigenvalue weighted by molar-refractivity contribution is -0.141. The standard InChI is InChI=1S/C14H13Cl2N3O2.C8H5Cl2N3.C6H8O2/c1-9(2)21-13(20)3-4-19-8-17-14(18-19)10-5-11(15)7-12(16)6-10;9-6-1-5(2-7(10)3-6)8-11-4-12-13-8;1-4-6(7)8-5(2)3/h3-9H,1-2H3;1-4H,(H,11,12,13);1,5H,2-3H3/b4-3-;;. The smallest absolute Gasteiger partial charge is 0.384 e. The van der Waals surface area contributed by atoms with Crippen LogP contribution < -0.4 is 0 Å². The molecule has 2 heterocycles. The molecule has 0 bridgehead atoms. The summed E-state index contributed by atoms with van der Waals surface area (Å²) in [6, 6.07) is 10.3. The molecule has 0 aliphatic carbocycles. The topological polar surface area (TPSA) is 125 Å². The Morgan fingerprint density at radius 3 is 1.88 bits per heavy atom. The molecule has 0 spiro atoms. The Labute approximate surface area is 263 Å². The average Bonchev–Trinajstić information content (AvgIpc) is 3.59. The van der Waals surface area contributed by atoms with Crippen LogP contribution in [0.15, 0.2) is 55.1 Å². The first-order valence-corrected chi connectivity index (χ1v) is 13.6. The van der Waals surface area contributed by atoms with Crippen molar-refractivity contribution in [3.63, 3.8) is 0 Å². The summed E-state index contributed by atoms with van der Waals surface area (Å²) in [5.74, 6) is 1.92. The minimum absolute atomic E-state index is 0.112. The van der Waals surface area contributed by atoms with E-state index in [1.54, 1.807) is 64.1 Å². The van der Waals surface area contributed by atoms with E-state index in [0.717, 1.165) is 5.56 Å². The SMILES string of the molecule is C#CC(=O)OC(C)C.CC(C)OC(=O)/C=C\n1cnc(-c2cc(Cl)cc(Cl)c2)n1.Clc1cc(Cl)cc(-c2ncn[nH]2)c1. The van der Waals surface area contributed by atoms with E-state index in [1.807, 2.05) is 5.92 Å². The van der Waals surface area contributed by atoms with Crippen LogP contribution in [0.4, 0.5) is 0 Å². The molecular weight excluding hydrogens is 626 g/mol. The monoisotopic (exact) mass is 650 g/mol. The van der Waals surface area contributed by atoms with E-state index >= 15 is 0 Å². The van der Waals surface area contributed by atoms with E-state index in [0.29, 0.717) is 37.3 Å². The second-order valence-corrected chi connectivity index (χ2v) is 10.3. The van der Waals surface area contributed by atoms with Crippen molar-refractivity contribution in [3.05, 3.63) is 75.2 Å². The van der Waals surface area contributed by atoms with Crippen LogP contribution in [-0.2, 0) is 19.1 Å². The highest BCUT2D eigenvalue weighted by Gasteiger charge is 2.07. The van der Waals surface area contributed by atoms with E-state index in [-0.39, 0.29) is 12.2 Å². The Kier molecular flexibility index (Phi) is 14.0. The van der Waals surface area contributed by atoms with Gasteiger partial charge in [-0.05, 0) is 64.1 Å². The lowest BCUT2D eigenvalue weighted by Crippen LogP contribution is -2.08. The van der Waals surface area contributed by atoms with Crippen LogP contribution in [0.3, 0.4) is 0 Å².